The van der Waals surface area contributed by atoms with Gasteiger partial charge < -0.3 is 4.90 Å². The molecular formula is C25H23F2NO2. The number of benzene rings is 3. The maximum atomic E-state index is 13.2. The normalized spacial score (nSPS) is 10.8. The average Bonchev–Trinajstić information content (AvgIpc) is 2.74. The molecule has 0 heterocycles. The lowest BCUT2D eigenvalue weighted by atomic mass is 9.86. The van der Waals surface area contributed by atoms with Crippen molar-refractivity contribution >= 4 is 17.3 Å². The van der Waals surface area contributed by atoms with Crippen molar-refractivity contribution in [3.63, 3.8) is 0 Å². The molecule has 154 valence electrons. The number of Topliss-reactive ketones (excluding diaryl/α,β-unsaturated/α-hetero) is 2. The smallest absolute Gasteiger partial charge is 0.163 e. The number of hydrogen-bond donors (Lipinski definition) is 0. The molecule has 0 aliphatic carbocycles. The summed E-state index contributed by atoms with van der Waals surface area (Å²) in [6.07, 6.45) is 0.222. The standard InChI is InChI=1S/C25H23F2NO2/c1-28(2)23-13-7-17(8-14-23)20(15-24(29)18-3-9-21(26)10-4-18)16-25(30)19-5-11-22(27)12-6-19/h3-14,20H,15-16H2,1-2H3. The van der Waals surface area contributed by atoms with Gasteiger partial charge >= 0.3 is 0 Å². The van der Waals surface area contributed by atoms with Crippen molar-refractivity contribution in [1.82, 2.24) is 0 Å². The lowest BCUT2D eigenvalue weighted by Gasteiger charge is -2.18. The van der Waals surface area contributed by atoms with E-state index in [0.717, 1.165) is 11.3 Å². The molecule has 0 aromatic heterocycles. The Bertz CT molecular complexity index is 951. The molecule has 0 spiro atoms. The molecule has 0 amide bonds. The van der Waals surface area contributed by atoms with E-state index in [1.807, 2.05) is 43.3 Å². The van der Waals surface area contributed by atoms with E-state index < -0.39 is 11.6 Å². The van der Waals surface area contributed by atoms with E-state index in [2.05, 4.69) is 0 Å². The third-order valence-electron chi connectivity index (χ3n) is 5.08. The first kappa shape index (κ1) is 21.4. The van der Waals surface area contributed by atoms with Crippen LogP contribution in [0.2, 0.25) is 0 Å². The molecule has 3 aromatic rings. The summed E-state index contributed by atoms with van der Waals surface area (Å²) >= 11 is 0. The van der Waals surface area contributed by atoms with Crippen molar-refractivity contribution < 1.29 is 18.4 Å². The molecule has 0 N–H and O–H groups in total. The van der Waals surface area contributed by atoms with Gasteiger partial charge in [0.25, 0.3) is 0 Å². The maximum Gasteiger partial charge on any atom is 0.163 e. The third-order valence-corrected chi connectivity index (χ3v) is 5.08. The number of rotatable bonds is 8. The molecular weight excluding hydrogens is 384 g/mol. The van der Waals surface area contributed by atoms with Crippen LogP contribution in [0.3, 0.4) is 0 Å². The molecule has 3 rings (SSSR count). The summed E-state index contributed by atoms with van der Waals surface area (Å²) in [5.74, 6) is -1.49. The van der Waals surface area contributed by atoms with Crippen molar-refractivity contribution in [3.05, 3.63) is 101 Å². The van der Waals surface area contributed by atoms with E-state index in [1.54, 1.807) is 0 Å². The fourth-order valence-electron chi connectivity index (χ4n) is 3.31. The zero-order valence-corrected chi connectivity index (χ0v) is 16.9. The number of anilines is 1. The van der Waals surface area contributed by atoms with Gasteiger partial charge in [-0.05, 0) is 72.1 Å². The monoisotopic (exact) mass is 407 g/mol. The minimum atomic E-state index is -0.408. The Hall–Kier alpha value is -3.34. The van der Waals surface area contributed by atoms with Gasteiger partial charge in [-0.25, -0.2) is 8.78 Å². The molecule has 0 aliphatic rings. The van der Waals surface area contributed by atoms with Crippen molar-refractivity contribution in [2.45, 2.75) is 18.8 Å². The van der Waals surface area contributed by atoms with Gasteiger partial charge in [0.2, 0.25) is 0 Å². The molecule has 0 bridgehead atoms. The van der Waals surface area contributed by atoms with Gasteiger partial charge in [-0.3, -0.25) is 9.59 Å². The van der Waals surface area contributed by atoms with E-state index in [-0.39, 0.29) is 30.3 Å². The van der Waals surface area contributed by atoms with Crippen LogP contribution in [-0.2, 0) is 0 Å². The van der Waals surface area contributed by atoms with Crippen molar-refractivity contribution in [3.8, 4) is 0 Å². The summed E-state index contributed by atoms with van der Waals surface area (Å²) in [6.45, 7) is 0. The number of carbonyl (C=O) groups excluding carboxylic acids is 2. The van der Waals surface area contributed by atoms with Crippen LogP contribution in [0.25, 0.3) is 0 Å². The van der Waals surface area contributed by atoms with Crippen LogP contribution >= 0.6 is 0 Å². The third kappa shape index (κ3) is 5.38. The Balaban J connectivity index is 1.85. The topological polar surface area (TPSA) is 37.4 Å². The van der Waals surface area contributed by atoms with E-state index >= 15 is 0 Å². The fourth-order valence-corrected chi connectivity index (χ4v) is 3.31. The molecule has 0 saturated carbocycles. The minimum Gasteiger partial charge on any atom is -0.378 e. The van der Waals surface area contributed by atoms with Crippen molar-refractivity contribution in [2.75, 3.05) is 19.0 Å². The molecule has 3 aromatic carbocycles. The van der Waals surface area contributed by atoms with Crippen LogP contribution in [0.5, 0.6) is 0 Å². The van der Waals surface area contributed by atoms with E-state index in [1.165, 1.54) is 48.5 Å². The lowest BCUT2D eigenvalue weighted by Crippen LogP contribution is -2.13. The minimum absolute atomic E-state index is 0.111. The first-order chi connectivity index (χ1) is 14.3. The average molecular weight is 407 g/mol. The first-order valence-corrected chi connectivity index (χ1v) is 9.68. The Morgan fingerprint density at radius 1 is 0.700 bits per heavy atom. The van der Waals surface area contributed by atoms with Crippen LogP contribution in [0.1, 0.15) is 45.0 Å². The van der Waals surface area contributed by atoms with Gasteiger partial charge in [0.1, 0.15) is 11.6 Å². The number of carbonyl (C=O) groups is 2. The molecule has 5 heteroatoms. The van der Waals surface area contributed by atoms with Crippen molar-refractivity contribution in [1.29, 1.82) is 0 Å². The highest BCUT2D eigenvalue weighted by molar-refractivity contribution is 5.99. The Kier molecular flexibility index (Phi) is 6.72. The number of hydrogen-bond acceptors (Lipinski definition) is 3. The quantitative estimate of drug-likeness (QED) is 0.452. The highest BCUT2D eigenvalue weighted by atomic mass is 19.1. The molecule has 0 fully saturated rings. The number of ketones is 2. The zero-order chi connectivity index (χ0) is 21.7. The van der Waals surface area contributed by atoms with Crippen LogP contribution in [-0.4, -0.2) is 25.7 Å². The van der Waals surface area contributed by atoms with Gasteiger partial charge in [-0.2, -0.15) is 0 Å². The lowest BCUT2D eigenvalue weighted by molar-refractivity contribution is 0.0944. The van der Waals surface area contributed by atoms with Gasteiger partial charge in [0.15, 0.2) is 11.6 Å². The highest BCUT2D eigenvalue weighted by Crippen LogP contribution is 2.29. The van der Waals surface area contributed by atoms with Crippen LogP contribution in [0, 0.1) is 11.6 Å². The first-order valence-electron chi connectivity index (χ1n) is 9.68. The molecule has 3 nitrogen and oxygen atoms in total. The predicted octanol–water partition coefficient (Wildman–Crippen LogP) is 5.66. The van der Waals surface area contributed by atoms with E-state index in [0.29, 0.717) is 11.1 Å². The van der Waals surface area contributed by atoms with Crippen LogP contribution in [0.15, 0.2) is 72.8 Å². The van der Waals surface area contributed by atoms with Gasteiger partial charge in [-0.1, -0.05) is 12.1 Å². The predicted molar refractivity (Wildman–Crippen MR) is 114 cm³/mol. The Labute approximate surface area is 175 Å². The summed E-state index contributed by atoms with van der Waals surface area (Å²) < 4.78 is 26.4. The van der Waals surface area contributed by atoms with E-state index in [4.69, 9.17) is 0 Å². The second kappa shape index (κ2) is 9.44. The summed E-state index contributed by atoms with van der Waals surface area (Å²) in [5.41, 5.74) is 2.68. The van der Waals surface area contributed by atoms with Crippen LogP contribution < -0.4 is 4.90 Å². The Morgan fingerprint density at radius 2 is 1.10 bits per heavy atom. The zero-order valence-electron chi connectivity index (χ0n) is 16.9. The molecule has 0 unspecified atom stereocenters. The molecule has 0 atom stereocenters. The number of halogens is 2. The highest BCUT2D eigenvalue weighted by Gasteiger charge is 2.21. The molecule has 0 radical (unpaired) electrons. The largest absolute Gasteiger partial charge is 0.378 e. The molecule has 0 saturated heterocycles. The van der Waals surface area contributed by atoms with Gasteiger partial charge in [0, 0.05) is 43.8 Å². The summed E-state index contributed by atoms with van der Waals surface area (Å²) in [4.78, 5) is 27.5. The second-order valence-corrected chi connectivity index (χ2v) is 7.45. The SMILES string of the molecule is CN(C)c1ccc(C(CC(=O)c2ccc(F)cc2)CC(=O)c2ccc(F)cc2)cc1. The summed E-state index contributed by atoms with van der Waals surface area (Å²) in [6, 6.07) is 18.5. The van der Waals surface area contributed by atoms with E-state index in [9.17, 15) is 18.4 Å². The summed E-state index contributed by atoms with van der Waals surface area (Å²) in [5, 5.41) is 0. The van der Waals surface area contributed by atoms with Crippen molar-refractivity contribution in [2.24, 2.45) is 0 Å². The fraction of sp³-hybridized carbons (Fsp3) is 0.200. The summed E-state index contributed by atoms with van der Waals surface area (Å²) in [7, 11) is 3.87. The number of nitrogens with zero attached hydrogens (tertiary/aromatic N) is 1. The van der Waals surface area contributed by atoms with Gasteiger partial charge in [0.05, 0.1) is 0 Å². The Morgan fingerprint density at radius 3 is 1.47 bits per heavy atom. The molecule has 0 aliphatic heterocycles. The second-order valence-electron chi connectivity index (χ2n) is 7.45. The maximum absolute atomic E-state index is 13.2. The van der Waals surface area contributed by atoms with Crippen LogP contribution in [0.4, 0.5) is 14.5 Å². The van der Waals surface area contributed by atoms with Gasteiger partial charge in [-0.15, -0.1) is 0 Å². The molecule has 30 heavy (non-hydrogen) atoms.